The van der Waals surface area contributed by atoms with E-state index < -0.39 is 7.61 Å². The molecule has 0 fully saturated rings. The van der Waals surface area contributed by atoms with Gasteiger partial charge in [-0.3, -0.25) is 0 Å². The SMILES string of the molecule is CCCCCCCCCP[PH+]1C(C(C)(C)C)=C(O)C(C(C)(C)C)=CC1C. The quantitative estimate of drug-likeness (QED) is 0.303. The van der Waals surface area contributed by atoms with Gasteiger partial charge in [0.25, 0.3) is 0 Å². The Hall–Kier alpha value is 0.140. The van der Waals surface area contributed by atoms with Crippen LogP contribution in [0.25, 0.3) is 0 Å². The molecule has 3 unspecified atom stereocenters. The molecule has 0 saturated carbocycles. The molecule has 1 aliphatic heterocycles. The molecule has 3 atom stereocenters. The predicted molar refractivity (Wildman–Crippen MR) is 126 cm³/mol. The van der Waals surface area contributed by atoms with Gasteiger partial charge in [0.05, 0.1) is 13.3 Å². The minimum Gasteiger partial charge on any atom is -0.504 e. The highest BCUT2D eigenvalue weighted by Gasteiger charge is 2.44. The lowest BCUT2D eigenvalue weighted by atomic mass is 9.82. The van der Waals surface area contributed by atoms with E-state index in [2.05, 4.69) is 61.5 Å². The maximum Gasteiger partial charge on any atom is 0.157 e. The average Bonchev–Trinajstić information content (AvgIpc) is 2.50. The number of allylic oxidation sites excluding steroid dienone is 3. The van der Waals surface area contributed by atoms with Crippen molar-refractivity contribution in [3.8, 4) is 0 Å². The molecule has 0 saturated heterocycles. The highest BCUT2D eigenvalue weighted by Crippen LogP contribution is 2.72. The first-order chi connectivity index (χ1) is 12.0. The van der Waals surface area contributed by atoms with E-state index in [4.69, 9.17) is 0 Å². The Labute approximate surface area is 166 Å². The summed E-state index contributed by atoms with van der Waals surface area (Å²) in [7, 11) is 0.344. The number of hydrogen-bond acceptors (Lipinski definition) is 1. The molecule has 1 rings (SSSR count). The first-order valence-electron chi connectivity index (χ1n) is 10.8. The summed E-state index contributed by atoms with van der Waals surface area (Å²) in [4.78, 5) is 0. The largest absolute Gasteiger partial charge is 0.504 e. The molecule has 26 heavy (non-hydrogen) atoms. The maximum atomic E-state index is 11.2. The van der Waals surface area contributed by atoms with Gasteiger partial charge in [-0.2, -0.15) is 0 Å². The number of aliphatic hydroxyl groups is 1. The van der Waals surface area contributed by atoms with Crippen LogP contribution in [0.4, 0.5) is 0 Å². The molecule has 1 nitrogen and oxygen atoms in total. The summed E-state index contributed by atoms with van der Waals surface area (Å²) < 4.78 is 0. The van der Waals surface area contributed by atoms with Crippen molar-refractivity contribution in [3.63, 3.8) is 0 Å². The molecule has 0 aliphatic carbocycles. The summed E-state index contributed by atoms with van der Waals surface area (Å²) in [5, 5.41) is 12.6. The molecule has 0 bridgehead atoms. The zero-order chi connectivity index (χ0) is 20.0. The van der Waals surface area contributed by atoms with Crippen molar-refractivity contribution in [2.75, 3.05) is 6.16 Å². The monoisotopic (exact) mass is 399 g/mol. The predicted octanol–water partition coefficient (Wildman–Crippen LogP) is 8.74. The van der Waals surface area contributed by atoms with E-state index in [0.29, 0.717) is 11.4 Å². The molecule has 3 heteroatoms. The van der Waals surface area contributed by atoms with Crippen molar-refractivity contribution in [1.29, 1.82) is 0 Å². The topological polar surface area (TPSA) is 20.2 Å². The van der Waals surface area contributed by atoms with Crippen LogP contribution in [0.1, 0.15) is 100 Å². The van der Waals surface area contributed by atoms with Gasteiger partial charge >= 0.3 is 0 Å². The van der Waals surface area contributed by atoms with E-state index in [-0.39, 0.29) is 10.8 Å². The fourth-order valence-electron chi connectivity index (χ4n) is 3.82. The van der Waals surface area contributed by atoms with Gasteiger partial charge < -0.3 is 5.11 Å². The van der Waals surface area contributed by atoms with Crippen LogP contribution < -0.4 is 0 Å². The number of aliphatic hydroxyl groups excluding tert-OH is 1. The molecule has 0 spiro atoms. The molecule has 152 valence electrons. The van der Waals surface area contributed by atoms with Crippen LogP contribution in [-0.4, -0.2) is 16.9 Å². The fourth-order valence-corrected chi connectivity index (χ4v) is 11.6. The van der Waals surface area contributed by atoms with Gasteiger partial charge in [-0.05, 0) is 24.8 Å². The zero-order valence-corrected chi connectivity index (χ0v) is 20.8. The fraction of sp³-hybridized carbons (Fsp3) is 0.826. The number of unbranched alkanes of at least 4 members (excludes halogenated alkanes) is 6. The molecule has 0 aromatic rings. The first kappa shape index (κ1) is 24.2. The van der Waals surface area contributed by atoms with E-state index in [1.165, 1.54) is 62.0 Å². The second-order valence-corrected chi connectivity index (χ2v) is 15.8. The lowest BCUT2D eigenvalue weighted by Crippen LogP contribution is -2.23. The van der Waals surface area contributed by atoms with Gasteiger partial charge in [0.2, 0.25) is 0 Å². The lowest BCUT2D eigenvalue weighted by Gasteiger charge is -2.35. The Morgan fingerprint density at radius 3 is 1.96 bits per heavy atom. The van der Waals surface area contributed by atoms with Crippen LogP contribution in [-0.2, 0) is 0 Å². The highest BCUT2D eigenvalue weighted by atomic mass is 32.0. The van der Waals surface area contributed by atoms with Crippen molar-refractivity contribution in [3.05, 3.63) is 22.7 Å². The summed E-state index contributed by atoms with van der Waals surface area (Å²) in [5.41, 5.74) is 1.89. The third-order valence-corrected chi connectivity index (χ3v) is 12.9. The van der Waals surface area contributed by atoms with Crippen molar-refractivity contribution in [2.24, 2.45) is 10.8 Å². The molecule has 0 aromatic heterocycles. The van der Waals surface area contributed by atoms with Crippen LogP contribution >= 0.6 is 15.9 Å². The van der Waals surface area contributed by atoms with Gasteiger partial charge in [-0.15, -0.1) is 0 Å². The summed E-state index contributed by atoms with van der Waals surface area (Å²) >= 11 is 0. The van der Waals surface area contributed by atoms with Gasteiger partial charge in [-0.1, -0.05) is 87.0 Å². The zero-order valence-electron chi connectivity index (χ0n) is 18.8. The smallest absolute Gasteiger partial charge is 0.157 e. The minimum atomic E-state index is -0.682. The maximum absolute atomic E-state index is 11.2. The Morgan fingerprint density at radius 2 is 1.46 bits per heavy atom. The lowest BCUT2D eigenvalue weighted by molar-refractivity contribution is 0.358. The van der Waals surface area contributed by atoms with Crippen LogP contribution in [0.2, 0.25) is 0 Å². The van der Waals surface area contributed by atoms with Gasteiger partial charge in [-0.25, -0.2) is 0 Å². The van der Waals surface area contributed by atoms with Crippen molar-refractivity contribution >= 4 is 15.9 Å². The van der Waals surface area contributed by atoms with Crippen LogP contribution in [0.3, 0.4) is 0 Å². The Bertz CT molecular complexity index is 491. The molecule has 0 radical (unpaired) electrons. The Morgan fingerprint density at radius 1 is 0.923 bits per heavy atom. The third kappa shape index (κ3) is 7.28. The number of rotatable bonds is 9. The molecular weight excluding hydrogens is 354 g/mol. The third-order valence-electron chi connectivity index (χ3n) is 5.29. The highest BCUT2D eigenvalue weighted by molar-refractivity contribution is 8.23. The molecule has 1 heterocycles. The van der Waals surface area contributed by atoms with E-state index in [1.54, 1.807) is 0 Å². The van der Waals surface area contributed by atoms with E-state index in [0.717, 1.165) is 8.27 Å². The van der Waals surface area contributed by atoms with Gasteiger partial charge in [0.15, 0.2) is 5.76 Å². The second kappa shape index (κ2) is 10.6. The van der Waals surface area contributed by atoms with Gasteiger partial charge in [0.1, 0.15) is 5.31 Å². The van der Waals surface area contributed by atoms with E-state index in [1.807, 2.05) is 0 Å². The summed E-state index contributed by atoms with van der Waals surface area (Å²) in [5.74, 6) is 0.643. The average molecular weight is 400 g/mol. The standard InChI is InChI=1S/C23H44OP2/c1-9-10-11-12-13-14-15-16-25-26-18(2)17-19(22(3,4)5)20(24)21(26)23(6,7)8/h17-18,24-25H,9-16H2,1-8H3/p+1. The van der Waals surface area contributed by atoms with Crippen LogP contribution in [0, 0.1) is 10.8 Å². The van der Waals surface area contributed by atoms with Crippen molar-refractivity contribution in [1.82, 2.24) is 0 Å². The minimum absolute atomic E-state index is 0.0177. The van der Waals surface area contributed by atoms with Crippen LogP contribution in [0.15, 0.2) is 22.7 Å². The Kier molecular flexibility index (Phi) is 9.88. The summed E-state index contributed by atoms with van der Waals surface area (Å²) in [6.45, 7) is 18.2. The summed E-state index contributed by atoms with van der Waals surface area (Å²) in [6.07, 6.45) is 13.5. The normalized spacial score (nSPS) is 22.4. The molecule has 1 aliphatic rings. The number of hydrogen-bond donors (Lipinski definition) is 1. The summed E-state index contributed by atoms with van der Waals surface area (Å²) in [6, 6.07) is 0. The Balaban J connectivity index is 2.71. The molecule has 0 aromatic carbocycles. The molecule has 0 amide bonds. The van der Waals surface area contributed by atoms with Gasteiger partial charge in [0, 0.05) is 25.4 Å². The molecular formula is C23H45OP2+. The second-order valence-electron chi connectivity index (χ2n) is 10.1. The first-order valence-corrected chi connectivity index (χ1v) is 14.6. The van der Waals surface area contributed by atoms with Crippen molar-refractivity contribution in [2.45, 2.75) is 106 Å². The molecule has 1 N–H and O–H groups in total. The van der Waals surface area contributed by atoms with Crippen LogP contribution in [0.5, 0.6) is 0 Å². The van der Waals surface area contributed by atoms with E-state index in [9.17, 15) is 5.11 Å². The van der Waals surface area contributed by atoms with Crippen molar-refractivity contribution < 1.29 is 5.11 Å². The van der Waals surface area contributed by atoms with E-state index >= 15 is 0 Å².